The minimum Gasteiger partial charge on any atom is -0.345 e. The molecule has 0 radical (unpaired) electrons. The lowest BCUT2D eigenvalue weighted by atomic mass is 10.1. The van der Waals surface area contributed by atoms with E-state index in [4.69, 9.17) is 0 Å². The summed E-state index contributed by atoms with van der Waals surface area (Å²) in [6, 6.07) is 6.72. The number of hydrogen-bond donors (Lipinski definition) is 2. The van der Waals surface area contributed by atoms with E-state index in [9.17, 15) is 9.59 Å². The van der Waals surface area contributed by atoms with E-state index >= 15 is 0 Å². The largest absolute Gasteiger partial charge is 0.345 e. The van der Waals surface area contributed by atoms with Crippen molar-refractivity contribution in [2.75, 3.05) is 19.4 Å². The van der Waals surface area contributed by atoms with Crippen molar-refractivity contribution < 1.29 is 9.59 Å². The Bertz CT molecular complexity index is 484. The number of rotatable bonds is 4. The number of urea groups is 1. The van der Waals surface area contributed by atoms with Crippen molar-refractivity contribution in [2.45, 2.75) is 26.8 Å². The number of carbonyl (C=O) groups is 2. The van der Waals surface area contributed by atoms with Crippen LogP contribution in [-0.2, 0) is 0 Å². The second-order valence-corrected chi connectivity index (χ2v) is 5.41. The molecule has 1 unspecified atom stereocenters. The molecule has 0 aromatic heterocycles. The molecule has 1 atom stereocenters. The van der Waals surface area contributed by atoms with E-state index in [1.165, 1.54) is 4.90 Å². The van der Waals surface area contributed by atoms with Crippen LogP contribution in [0.1, 0.15) is 31.1 Å². The molecule has 0 aliphatic heterocycles. The van der Waals surface area contributed by atoms with Gasteiger partial charge in [0.1, 0.15) is 0 Å². The van der Waals surface area contributed by atoms with Crippen molar-refractivity contribution >= 4 is 17.6 Å². The highest BCUT2D eigenvalue weighted by atomic mass is 16.2. The molecule has 3 amide bonds. The van der Waals surface area contributed by atoms with Gasteiger partial charge in [-0.3, -0.25) is 4.79 Å². The van der Waals surface area contributed by atoms with Crippen LogP contribution in [0.25, 0.3) is 0 Å². The zero-order valence-corrected chi connectivity index (χ0v) is 12.7. The molecule has 0 aliphatic rings. The SMILES string of the molecule is CC(C)C(C)NC(=O)Nc1cccc(C(=O)N(C)C)c1. The number of benzene rings is 1. The maximum atomic E-state index is 11.8. The average molecular weight is 277 g/mol. The highest BCUT2D eigenvalue weighted by molar-refractivity contribution is 5.96. The van der Waals surface area contributed by atoms with Crippen LogP contribution in [0.4, 0.5) is 10.5 Å². The molecule has 1 rings (SSSR count). The van der Waals surface area contributed by atoms with Crippen molar-refractivity contribution in [1.82, 2.24) is 10.2 Å². The van der Waals surface area contributed by atoms with Crippen LogP contribution in [0.2, 0.25) is 0 Å². The molecule has 5 heteroatoms. The van der Waals surface area contributed by atoms with E-state index in [0.717, 1.165) is 0 Å². The molecule has 110 valence electrons. The molecule has 2 N–H and O–H groups in total. The first-order valence-corrected chi connectivity index (χ1v) is 6.70. The van der Waals surface area contributed by atoms with Crippen LogP contribution in [0.3, 0.4) is 0 Å². The first-order valence-electron chi connectivity index (χ1n) is 6.70. The minimum absolute atomic E-state index is 0.0848. The summed E-state index contributed by atoms with van der Waals surface area (Å²) < 4.78 is 0. The zero-order valence-electron chi connectivity index (χ0n) is 12.7. The predicted molar refractivity (Wildman–Crippen MR) is 80.9 cm³/mol. The lowest BCUT2D eigenvalue weighted by Gasteiger charge is -2.18. The second kappa shape index (κ2) is 6.93. The van der Waals surface area contributed by atoms with Gasteiger partial charge in [0.25, 0.3) is 5.91 Å². The van der Waals surface area contributed by atoms with Crippen molar-refractivity contribution in [3.05, 3.63) is 29.8 Å². The summed E-state index contributed by atoms with van der Waals surface area (Å²) in [7, 11) is 3.39. The third-order valence-electron chi connectivity index (χ3n) is 3.13. The summed E-state index contributed by atoms with van der Waals surface area (Å²) in [5, 5.41) is 5.59. The zero-order chi connectivity index (χ0) is 15.3. The van der Waals surface area contributed by atoms with Crippen LogP contribution < -0.4 is 10.6 Å². The van der Waals surface area contributed by atoms with E-state index in [0.29, 0.717) is 17.2 Å². The summed E-state index contributed by atoms with van der Waals surface area (Å²) in [5.74, 6) is 0.270. The molecule has 0 heterocycles. The van der Waals surface area contributed by atoms with Gasteiger partial charge in [-0.2, -0.15) is 0 Å². The van der Waals surface area contributed by atoms with Gasteiger partial charge in [0.05, 0.1) is 0 Å². The van der Waals surface area contributed by atoms with E-state index in [1.807, 2.05) is 20.8 Å². The monoisotopic (exact) mass is 277 g/mol. The molecule has 1 aromatic rings. The van der Waals surface area contributed by atoms with Gasteiger partial charge in [-0.05, 0) is 31.0 Å². The topological polar surface area (TPSA) is 61.4 Å². The fraction of sp³-hybridized carbons (Fsp3) is 0.467. The Kier molecular flexibility index (Phi) is 5.55. The molecule has 0 fully saturated rings. The maximum Gasteiger partial charge on any atom is 0.319 e. The smallest absolute Gasteiger partial charge is 0.319 e. The lowest BCUT2D eigenvalue weighted by Crippen LogP contribution is -2.39. The molecule has 0 saturated heterocycles. The highest BCUT2D eigenvalue weighted by Gasteiger charge is 2.12. The van der Waals surface area contributed by atoms with Crippen LogP contribution >= 0.6 is 0 Å². The molecular weight excluding hydrogens is 254 g/mol. The lowest BCUT2D eigenvalue weighted by molar-refractivity contribution is 0.0827. The Morgan fingerprint density at radius 1 is 1.15 bits per heavy atom. The highest BCUT2D eigenvalue weighted by Crippen LogP contribution is 2.12. The normalized spacial score (nSPS) is 11.9. The van der Waals surface area contributed by atoms with Gasteiger partial charge in [0.15, 0.2) is 0 Å². The Morgan fingerprint density at radius 2 is 1.80 bits per heavy atom. The molecule has 0 saturated carbocycles. The number of nitrogens with one attached hydrogen (secondary N) is 2. The Labute approximate surface area is 120 Å². The Hall–Kier alpha value is -2.04. The van der Waals surface area contributed by atoms with E-state index in [-0.39, 0.29) is 18.0 Å². The summed E-state index contributed by atoms with van der Waals surface area (Å²) in [4.78, 5) is 25.2. The Balaban J connectivity index is 2.71. The molecular formula is C15H23N3O2. The molecule has 20 heavy (non-hydrogen) atoms. The van der Waals surface area contributed by atoms with Crippen molar-refractivity contribution in [3.63, 3.8) is 0 Å². The number of anilines is 1. The maximum absolute atomic E-state index is 11.8. The van der Waals surface area contributed by atoms with Crippen LogP contribution in [-0.4, -0.2) is 37.0 Å². The molecule has 0 aliphatic carbocycles. The summed E-state index contributed by atoms with van der Waals surface area (Å²) in [5.41, 5.74) is 1.15. The number of nitrogens with zero attached hydrogens (tertiary/aromatic N) is 1. The number of hydrogen-bond acceptors (Lipinski definition) is 2. The summed E-state index contributed by atoms with van der Waals surface area (Å²) >= 11 is 0. The number of carbonyl (C=O) groups excluding carboxylic acids is 2. The fourth-order valence-corrected chi connectivity index (χ4v) is 1.53. The Morgan fingerprint density at radius 3 is 2.35 bits per heavy atom. The minimum atomic E-state index is -0.263. The van der Waals surface area contributed by atoms with Gasteiger partial charge in [-0.1, -0.05) is 19.9 Å². The average Bonchev–Trinajstić information content (AvgIpc) is 2.37. The van der Waals surface area contributed by atoms with E-state index in [2.05, 4.69) is 10.6 Å². The molecule has 5 nitrogen and oxygen atoms in total. The molecule has 0 bridgehead atoms. The fourth-order valence-electron chi connectivity index (χ4n) is 1.53. The van der Waals surface area contributed by atoms with Crippen LogP contribution in [0.5, 0.6) is 0 Å². The van der Waals surface area contributed by atoms with Crippen LogP contribution in [0, 0.1) is 5.92 Å². The van der Waals surface area contributed by atoms with E-state index in [1.54, 1.807) is 38.4 Å². The van der Waals surface area contributed by atoms with Crippen molar-refractivity contribution in [2.24, 2.45) is 5.92 Å². The predicted octanol–water partition coefficient (Wildman–Crippen LogP) is 2.55. The third kappa shape index (κ3) is 4.57. The van der Waals surface area contributed by atoms with Crippen LogP contribution in [0.15, 0.2) is 24.3 Å². The molecule has 0 spiro atoms. The standard InChI is InChI=1S/C15H23N3O2/c1-10(2)11(3)16-15(20)17-13-8-6-7-12(9-13)14(19)18(4)5/h6-11H,1-5H3,(H2,16,17,20). The number of amides is 3. The van der Waals surface area contributed by atoms with Gasteiger partial charge in [-0.25, -0.2) is 4.79 Å². The first-order chi connectivity index (χ1) is 9.31. The van der Waals surface area contributed by atoms with E-state index < -0.39 is 0 Å². The van der Waals surface area contributed by atoms with Gasteiger partial charge < -0.3 is 15.5 Å². The van der Waals surface area contributed by atoms with Gasteiger partial charge in [0, 0.05) is 31.4 Å². The molecule has 1 aromatic carbocycles. The van der Waals surface area contributed by atoms with Gasteiger partial charge in [0.2, 0.25) is 0 Å². The first kappa shape index (κ1) is 16.0. The quantitative estimate of drug-likeness (QED) is 0.888. The summed E-state index contributed by atoms with van der Waals surface area (Å²) in [6.45, 7) is 6.04. The second-order valence-electron chi connectivity index (χ2n) is 5.41. The summed E-state index contributed by atoms with van der Waals surface area (Å²) in [6.07, 6.45) is 0. The third-order valence-corrected chi connectivity index (χ3v) is 3.13. The van der Waals surface area contributed by atoms with Gasteiger partial charge >= 0.3 is 6.03 Å². The van der Waals surface area contributed by atoms with Gasteiger partial charge in [-0.15, -0.1) is 0 Å². The van der Waals surface area contributed by atoms with Crippen molar-refractivity contribution in [3.8, 4) is 0 Å². The van der Waals surface area contributed by atoms with Crippen molar-refractivity contribution in [1.29, 1.82) is 0 Å².